The normalized spacial score (nSPS) is 10.1. The predicted octanol–water partition coefficient (Wildman–Crippen LogP) is 5.91. The van der Waals surface area contributed by atoms with E-state index in [1.54, 1.807) is 24.5 Å². The van der Waals surface area contributed by atoms with Crippen molar-refractivity contribution in [2.24, 2.45) is 5.92 Å². The van der Waals surface area contributed by atoms with Gasteiger partial charge in [-0.2, -0.15) is 0 Å². The topological polar surface area (TPSA) is 60.6 Å². The summed E-state index contributed by atoms with van der Waals surface area (Å²) in [6.45, 7) is 5.84. The van der Waals surface area contributed by atoms with Crippen molar-refractivity contribution < 1.29 is 0 Å². The van der Waals surface area contributed by atoms with Crippen molar-refractivity contribution in [1.29, 1.82) is 10.8 Å². The molecule has 0 atom stereocenters. The molecule has 0 bridgehead atoms. The Morgan fingerprint density at radius 2 is 1.68 bits per heavy atom. The molecule has 0 amide bonds. The van der Waals surface area contributed by atoms with Crippen LogP contribution in [-0.4, -0.2) is 16.4 Å². The van der Waals surface area contributed by atoms with Gasteiger partial charge in [-0.15, -0.1) is 11.3 Å². The van der Waals surface area contributed by atoms with Gasteiger partial charge in [-0.05, 0) is 35.9 Å². The van der Waals surface area contributed by atoms with E-state index in [2.05, 4.69) is 16.4 Å². The molecule has 25 heavy (non-hydrogen) atoms. The second-order valence-electron chi connectivity index (χ2n) is 6.00. The molecule has 0 spiro atoms. The summed E-state index contributed by atoms with van der Waals surface area (Å²) in [5.74, 6) is 0.236. The smallest absolute Gasteiger partial charge is 0.0427 e. The van der Waals surface area contributed by atoms with Gasteiger partial charge in [-0.1, -0.05) is 50.2 Å². The standard InChI is InChI=1S/C13H14N2S.C8H9N/c1-9(2)13(14)11-6-10(7-15-8-11)12-4-3-5-16-12;1-7(9)8-5-3-2-4-6-8/h3-9,14H,1-2H3;2-6,9H,1H3. The number of benzene rings is 1. The highest BCUT2D eigenvalue weighted by Gasteiger charge is 2.08. The third-order valence-corrected chi connectivity index (χ3v) is 4.56. The zero-order valence-corrected chi connectivity index (χ0v) is 15.6. The highest BCUT2D eigenvalue weighted by atomic mass is 32.1. The van der Waals surface area contributed by atoms with Crippen LogP contribution < -0.4 is 0 Å². The monoisotopic (exact) mass is 349 g/mol. The van der Waals surface area contributed by atoms with E-state index in [-0.39, 0.29) is 5.92 Å². The quantitative estimate of drug-likeness (QED) is 0.565. The van der Waals surface area contributed by atoms with Crippen LogP contribution >= 0.6 is 11.3 Å². The number of thiophene rings is 1. The number of rotatable bonds is 4. The second kappa shape index (κ2) is 9.04. The highest BCUT2D eigenvalue weighted by Crippen LogP contribution is 2.25. The lowest BCUT2D eigenvalue weighted by Crippen LogP contribution is -2.07. The predicted molar refractivity (Wildman–Crippen MR) is 108 cm³/mol. The minimum absolute atomic E-state index is 0.236. The molecule has 0 aliphatic carbocycles. The summed E-state index contributed by atoms with van der Waals surface area (Å²) in [6.07, 6.45) is 3.61. The molecule has 3 aromatic rings. The van der Waals surface area contributed by atoms with E-state index in [9.17, 15) is 0 Å². The zero-order valence-electron chi connectivity index (χ0n) is 14.8. The van der Waals surface area contributed by atoms with E-state index in [1.807, 2.05) is 62.5 Å². The van der Waals surface area contributed by atoms with E-state index in [0.29, 0.717) is 11.4 Å². The van der Waals surface area contributed by atoms with Crippen LogP contribution in [0.25, 0.3) is 10.4 Å². The third-order valence-electron chi connectivity index (χ3n) is 3.64. The minimum atomic E-state index is 0.236. The molecule has 2 heterocycles. The summed E-state index contributed by atoms with van der Waals surface area (Å²) >= 11 is 1.69. The van der Waals surface area contributed by atoms with Gasteiger partial charge in [0, 0.05) is 39.8 Å². The summed E-state index contributed by atoms with van der Waals surface area (Å²) in [6, 6.07) is 15.8. The maximum Gasteiger partial charge on any atom is 0.0427 e. The molecular weight excluding hydrogens is 326 g/mol. The van der Waals surface area contributed by atoms with Gasteiger partial charge in [-0.25, -0.2) is 0 Å². The van der Waals surface area contributed by atoms with Crippen LogP contribution in [0.15, 0.2) is 66.3 Å². The van der Waals surface area contributed by atoms with Gasteiger partial charge in [0.05, 0.1) is 0 Å². The Morgan fingerprint density at radius 1 is 0.960 bits per heavy atom. The van der Waals surface area contributed by atoms with Crippen molar-refractivity contribution in [3.05, 3.63) is 77.4 Å². The van der Waals surface area contributed by atoms with Crippen molar-refractivity contribution in [3.63, 3.8) is 0 Å². The van der Waals surface area contributed by atoms with Crippen molar-refractivity contribution in [2.75, 3.05) is 0 Å². The fourth-order valence-corrected chi connectivity index (χ4v) is 2.89. The summed E-state index contributed by atoms with van der Waals surface area (Å²) in [5.41, 5.74) is 4.28. The van der Waals surface area contributed by atoms with Crippen molar-refractivity contribution in [3.8, 4) is 10.4 Å². The molecular formula is C21H23N3S. The van der Waals surface area contributed by atoms with Crippen molar-refractivity contribution in [2.45, 2.75) is 20.8 Å². The molecule has 2 aromatic heterocycles. The summed E-state index contributed by atoms with van der Waals surface area (Å²) in [7, 11) is 0. The first-order chi connectivity index (χ1) is 12.0. The maximum atomic E-state index is 7.97. The molecule has 0 aliphatic heterocycles. The van der Waals surface area contributed by atoms with E-state index < -0.39 is 0 Å². The molecule has 1 aromatic carbocycles. The van der Waals surface area contributed by atoms with Gasteiger partial charge in [0.1, 0.15) is 0 Å². The lowest BCUT2D eigenvalue weighted by atomic mass is 10.0. The van der Waals surface area contributed by atoms with Crippen molar-refractivity contribution >= 4 is 22.8 Å². The van der Waals surface area contributed by atoms with Crippen LogP contribution in [0.4, 0.5) is 0 Å². The first kappa shape index (κ1) is 18.7. The molecule has 2 N–H and O–H groups in total. The largest absolute Gasteiger partial charge is 0.305 e. The maximum absolute atomic E-state index is 7.97. The summed E-state index contributed by atoms with van der Waals surface area (Å²) in [4.78, 5) is 5.41. The number of nitrogens with zero attached hydrogens (tertiary/aromatic N) is 1. The van der Waals surface area contributed by atoms with Crippen LogP contribution in [0, 0.1) is 16.7 Å². The Morgan fingerprint density at radius 3 is 2.20 bits per heavy atom. The molecule has 0 saturated heterocycles. The van der Waals surface area contributed by atoms with Gasteiger partial charge in [0.2, 0.25) is 0 Å². The van der Waals surface area contributed by atoms with Gasteiger partial charge in [0.15, 0.2) is 0 Å². The Kier molecular flexibility index (Phi) is 6.78. The van der Waals surface area contributed by atoms with E-state index in [0.717, 1.165) is 16.7 Å². The molecule has 0 unspecified atom stereocenters. The van der Waals surface area contributed by atoms with Gasteiger partial charge >= 0.3 is 0 Å². The van der Waals surface area contributed by atoms with Crippen LogP contribution in [0.1, 0.15) is 31.9 Å². The molecule has 3 nitrogen and oxygen atoms in total. The van der Waals surface area contributed by atoms with Crippen LogP contribution in [-0.2, 0) is 0 Å². The van der Waals surface area contributed by atoms with Gasteiger partial charge in [0.25, 0.3) is 0 Å². The fraction of sp³-hybridized carbons (Fsp3) is 0.190. The number of hydrogen-bond acceptors (Lipinski definition) is 4. The Hall–Kier alpha value is -2.59. The lowest BCUT2D eigenvalue weighted by molar-refractivity contribution is 0.877. The molecule has 0 radical (unpaired) electrons. The van der Waals surface area contributed by atoms with Crippen LogP contribution in [0.5, 0.6) is 0 Å². The van der Waals surface area contributed by atoms with Gasteiger partial charge < -0.3 is 10.8 Å². The Bertz CT molecular complexity index is 821. The zero-order chi connectivity index (χ0) is 18.2. The number of hydrogen-bond donors (Lipinski definition) is 2. The number of pyridine rings is 1. The summed E-state index contributed by atoms with van der Waals surface area (Å²) < 4.78 is 0. The highest BCUT2D eigenvalue weighted by molar-refractivity contribution is 7.13. The third kappa shape index (κ3) is 5.47. The Labute approximate surface area is 153 Å². The molecule has 0 saturated carbocycles. The lowest BCUT2D eigenvalue weighted by Gasteiger charge is -2.08. The van der Waals surface area contributed by atoms with E-state index >= 15 is 0 Å². The first-order valence-corrected chi connectivity index (χ1v) is 9.05. The van der Waals surface area contributed by atoms with E-state index in [4.69, 9.17) is 10.8 Å². The SMILES string of the molecule is CC(=N)c1ccccc1.CC(C)C(=N)c1cncc(-c2cccs2)c1. The summed E-state index contributed by atoms with van der Waals surface area (Å²) in [5, 5.41) is 17.3. The molecule has 3 rings (SSSR count). The molecule has 4 heteroatoms. The molecule has 128 valence electrons. The van der Waals surface area contributed by atoms with E-state index in [1.165, 1.54) is 4.88 Å². The Balaban J connectivity index is 0.000000212. The van der Waals surface area contributed by atoms with Crippen LogP contribution in [0.3, 0.4) is 0 Å². The first-order valence-electron chi connectivity index (χ1n) is 8.17. The molecule has 0 fully saturated rings. The fourth-order valence-electron chi connectivity index (χ4n) is 2.19. The van der Waals surface area contributed by atoms with Crippen LogP contribution in [0.2, 0.25) is 0 Å². The number of nitrogens with one attached hydrogen (secondary N) is 2. The second-order valence-corrected chi connectivity index (χ2v) is 6.95. The number of aromatic nitrogens is 1. The average molecular weight is 350 g/mol. The van der Waals surface area contributed by atoms with Gasteiger partial charge in [-0.3, -0.25) is 4.98 Å². The average Bonchev–Trinajstić information content (AvgIpc) is 3.17. The minimum Gasteiger partial charge on any atom is -0.305 e. The van der Waals surface area contributed by atoms with Crippen molar-refractivity contribution in [1.82, 2.24) is 4.98 Å². The molecule has 0 aliphatic rings.